The van der Waals surface area contributed by atoms with Gasteiger partial charge in [0.15, 0.2) is 17.1 Å². The molecule has 0 aromatic carbocycles. The van der Waals surface area contributed by atoms with Gasteiger partial charge in [0.1, 0.15) is 6.61 Å². The molecule has 0 saturated carbocycles. The van der Waals surface area contributed by atoms with E-state index in [0.717, 1.165) is 25.7 Å². The highest BCUT2D eigenvalue weighted by atomic mass is 16.5. The standard InChI is InChI=1S/C16H21N3O4/c1-2-3-4-5-9-23-15-12(20)6-7-19-14(15)16(21)18-8-10-22-11-13(18)17-19/h6-7H,2-5,8-11H2,1H3. The highest BCUT2D eigenvalue weighted by molar-refractivity contribution is 5.57. The van der Waals surface area contributed by atoms with Gasteiger partial charge in [0.05, 0.1) is 19.8 Å². The summed E-state index contributed by atoms with van der Waals surface area (Å²) < 4.78 is 14.0. The average molecular weight is 319 g/mol. The number of unbranched alkanes of at least 4 members (excludes halogenated alkanes) is 3. The Labute approximate surface area is 133 Å². The van der Waals surface area contributed by atoms with Crippen LogP contribution in [-0.2, 0) is 17.9 Å². The van der Waals surface area contributed by atoms with Gasteiger partial charge in [-0.2, -0.15) is 5.10 Å². The molecule has 0 saturated heterocycles. The number of aromatic nitrogens is 3. The number of ether oxygens (including phenoxy) is 2. The Balaban J connectivity index is 1.98. The highest BCUT2D eigenvalue weighted by Crippen LogP contribution is 2.13. The molecule has 0 aliphatic carbocycles. The van der Waals surface area contributed by atoms with Crippen molar-refractivity contribution in [1.82, 2.24) is 14.2 Å². The molecule has 2 aromatic heterocycles. The summed E-state index contributed by atoms with van der Waals surface area (Å²) in [5.41, 5.74) is -0.329. The third-order valence-corrected chi connectivity index (χ3v) is 3.95. The molecule has 3 heterocycles. The van der Waals surface area contributed by atoms with Gasteiger partial charge < -0.3 is 9.47 Å². The average Bonchev–Trinajstić information content (AvgIpc) is 2.57. The van der Waals surface area contributed by atoms with Crippen molar-refractivity contribution in [2.24, 2.45) is 0 Å². The van der Waals surface area contributed by atoms with E-state index in [1.807, 2.05) is 0 Å². The van der Waals surface area contributed by atoms with Crippen molar-refractivity contribution in [1.29, 1.82) is 0 Å². The number of hydrogen-bond donors (Lipinski definition) is 0. The molecule has 0 unspecified atom stereocenters. The Hall–Kier alpha value is -2.15. The van der Waals surface area contributed by atoms with Crippen LogP contribution in [0.4, 0.5) is 0 Å². The molecule has 0 amide bonds. The van der Waals surface area contributed by atoms with Crippen molar-refractivity contribution in [3.05, 3.63) is 38.7 Å². The third kappa shape index (κ3) is 3.14. The number of pyridine rings is 1. The number of rotatable bonds is 6. The molecule has 23 heavy (non-hydrogen) atoms. The molecule has 124 valence electrons. The normalized spacial score (nSPS) is 14.0. The summed E-state index contributed by atoms with van der Waals surface area (Å²) in [6.45, 7) is 3.77. The first-order valence-electron chi connectivity index (χ1n) is 8.08. The van der Waals surface area contributed by atoms with Crippen LogP contribution in [0.2, 0.25) is 0 Å². The van der Waals surface area contributed by atoms with Crippen LogP contribution >= 0.6 is 0 Å². The molecule has 7 nitrogen and oxygen atoms in total. The summed E-state index contributed by atoms with van der Waals surface area (Å²) in [4.78, 5) is 24.8. The molecule has 0 spiro atoms. The molecule has 0 radical (unpaired) electrons. The van der Waals surface area contributed by atoms with Crippen LogP contribution in [0.5, 0.6) is 5.75 Å². The second-order valence-electron chi connectivity index (χ2n) is 5.64. The van der Waals surface area contributed by atoms with Crippen LogP contribution in [0, 0.1) is 0 Å². The highest BCUT2D eigenvalue weighted by Gasteiger charge is 2.19. The first-order valence-corrected chi connectivity index (χ1v) is 8.08. The smallest absolute Gasteiger partial charge is 0.282 e. The lowest BCUT2D eigenvalue weighted by molar-refractivity contribution is 0.0768. The fourth-order valence-electron chi connectivity index (χ4n) is 2.71. The Morgan fingerprint density at radius 1 is 1.30 bits per heavy atom. The van der Waals surface area contributed by atoms with Crippen molar-refractivity contribution < 1.29 is 9.47 Å². The van der Waals surface area contributed by atoms with Gasteiger partial charge >= 0.3 is 0 Å². The zero-order valence-electron chi connectivity index (χ0n) is 13.3. The second-order valence-corrected chi connectivity index (χ2v) is 5.64. The maximum Gasteiger partial charge on any atom is 0.282 e. The lowest BCUT2D eigenvalue weighted by Gasteiger charge is -2.19. The summed E-state index contributed by atoms with van der Waals surface area (Å²) in [5, 5.41) is 4.37. The van der Waals surface area contributed by atoms with Crippen molar-refractivity contribution >= 4 is 5.52 Å². The van der Waals surface area contributed by atoms with Gasteiger partial charge in [0, 0.05) is 12.3 Å². The quantitative estimate of drug-likeness (QED) is 0.751. The fourth-order valence-corrected chi connectivity index (χ4v) is 2.71. The van der Waals surface area contributed by atoms with Gasteiger partial charge in [-0.05, 0) is 6.42 Å². The molecule has 0 atom stereocenters. The largest absolute Gasteiger partial charge is 0.487 e. The van der Waals surface area contributed by atoms with E-state index < -0.39 is 0 Å². The molecule has 1 aliphatic heterocycles. The minimum absolute atomic E-state index is 0.100. The summed E-state index contributed by atoms with van der Waals surface area (Å²) in [6.07, 6.45) is 5.68. The molecule has 2 aromatic rings. The van der Waals surface area contributed by atoms with E-state index in [9.17, 15) is 9.59 Å². The topological polar surface area (TPSA) is 74.8 Å². The SMILES string of the molecule is CCCCCCOc1c(=O)ccn2nc3n(c(=O)c12)CCOC3. The second kappa shape index (κ2) is 6.95. The van der Waals surface area contributed by atoms with Gasteiger partial charge in [0.2, 0.25) is 5.43 Å². The van der Waals surface area contributed by atoms with Crippen LogP contribution in [0.1, 0.15) is 38.4 Å². The predicted molar refractivity (Wildman–Crippen MR) is 85.0 cm³/mol. The van der Waals surface area contributed by atoms with Crippen molar-refractivity contribution in [3.8, 4) is 5.75 Å². The van der Waals surface area contributed by atoms with Crippen LogP contribution in [0.3, 0.4) is 0 Å². The summed E-state index contributed by atoms with van der Waals surface area (Å²) in [7, 11) is 0. The van der Waals surface area contributed by atoms with Crippen LogP contribution in [0.25, 0.3) is 5.52 Å². The Bertz CT molecular complexity index is 809. The van der Waals surface area contributed by atoms with E-state index in [-0.39, 0.29) is 22.3 Å². The molecule has 1 aliphatic rings. The predicted octanol–water partition coefficient (Wildman–Crippen LogP) is 1.35. The lowest BCUT2D eigenvalue weighted by atomic mass is 10.2. The minimum Gasteiger partial charge on any atom is -0.487 e. The molecule has 0 bridgehead atoms. The third-order valence-electron chi connectivity index (χ3n) is 3.95. The van der Waals surface area contributed by atoms with E-state index in [1.165, 1.54) is 16.8 Å². The molecule has 0 N–H and O–H groups in total. The zero-order chi connectivity index (χ0) is 16.2. The van der Waals surface area contributed by atoms with E-state index >= 15 is 0 Å². The molecule has 0 fully saturated rings. The summed E-state index contributed by atoms with van der Waals surface area (Å²) in [5.74, 6) is 0.662. The maximum absolute atomic E-state index is 12.7. The molecular weight excluding hydrogens is 298 g/mol. The first kappa shape index (κ1) is 15.7. The van der Waals surface area contributed by atoms with Gasteiger partial charge in [-0.1, -0.05) is 26.2 Å². The lowest BCUT2D eigenvalue weighted by Crippen LogP contribution is -2.34. The fraction of sp³-hybridized carbons (Fsp3) is 0.562. The van der Waals surface area contributed by atoms with Gasteiger partial charge in [-0.15, -0.1) is 0 Å². The van der Waals surface area contributed by atoms with Crippen molar-refractivity contribution in [2.75, 3.05) is 13.2 Å². The van der Waals surface area contributed by atoms with E-state index in [2.05, 4.69) is 12.0 Å². The van der Waals surface area contributed by atoms with Crippen molar-refractivity contribution in [2.45, 2.75) is 45.8 Å². The van der Waals surface area contributed by atoms with E-state index in [4.69, 9.17) is 9.47 Å². The Kier molecular flexibility index (Phi) is 4.76. The first-order chi connectivity index (χ1) is 11.2. The number of nitrogens with zero attached hydrogens (tertiary/aromatic N) is 3. The van der Waals surface area contributed by atoms with Crippen molar-refractivity contribution in [3.63, 3.8) is 0 Å². The van der Waals surface area contributed by atoms with Gasteiger partial charge in [0.25, 0.3) is 5.56 Å². The molecule has 3 rings (SSSR count). The van der Waals surface area contributed by atoms with Gasteiger partial charge in [-0.25, -0.2) is 4.52 Å². The monoisotopic (exact) mass is 319 g/mol. The Morgan fingerprint density at radius 2 is 2.17 bits per heavy atom. The molecule has 7 heteroatoms. The number of fused-ring (bicyclic) bond motifs is 2. The Morgan fingerprint density at radius 3 is 3.00 bits per heavy atom. The maximum atomic E-state index is 12.7. The molecular formula is C16H21N3O4. The zero-order valence-corrected chi connectivity index (χ0v) is 13.3. The number of hydrogen-bond acceptors (Lipinski definition) is 5. The van der Waals surface area contributed by atoms with Gasteiger partial charge in [-0.3, -0.25) is 14.2 Å². The minimum atomic E-state index is -0.285. The van der Waals surface area contributed by atoms with Crippen LogP contribution in [-0.4, -0.2) is 27.4 Å². The van der Waals surface area contributed by atoms with Crippen LogP contribution in [0.15, 0.2) is 21.9 Å². The van der Waals surface area contributed by atoms with Crippen LogP contribution < -0.4 is 15.7 Å². The summed E-state index contributed by atoms with van der Waals surface area (Å²) >= 11 is 0. The summed E-state index contributed by atoms with van der Waals surface area (Å²) in [6, 6.07) is 1.38. The van der Waals surface area contributed by atoms with E-state index in [0.29, 0.717) is 32.2 Å². The van der Waals surface area contributed by atoms with E-state index in [1.54, 1.807) is 4.57 Å².